The van der Waals surface area contributed by atoms with Crippen molar-refractivity contribution in [3.05, 3.63) is 12.4 Å². The molecule has 1 rings (SSSR count). The Morgan fingerprint density at radius 2 is 2.19 bits per heavy atom. The Morgan fingerprint density at radius 1 is 1.56 bits per heavy atom. The molecule has 1 saturated heterocycles. The Hall–Kier alpha value is -0.910. The smallest absolute Gasteiger partial charge is 0.306 e. The average molecular weight is 250 g/mol. The fraction of sp³-hybridized carbons (Fsp3) is 0.700. The van der Waals surface area contributed by atoms with Gasteiger partial charge in [-0.15, -0.1) is 0 Å². The summed E-state index contributed by atoms with van der Waals surface area (Å²) in [6.45, 7) is 3.16. The van der Waals surface area contributed by atoms with Crippen LogP contribution in [0.1, 0.15) is 19.3 Å². The molecule has 1 atom stereocenters. The van der Waals surface area contributed by atoms with Crippen molar-refractivity contribution in [1.82, 2.24) is 0 Å². The number of hydrogen-bond donors (Lipinski definition) is 0. The third-order valence-corrected chi connectivity index (χ3v) is 4.80. The second kappa shape index (κ2) is 4.53. The van der Waals surface area contributed by atoms with E-state index < -0.39 is 27.0 Å². The van der Waals surface area contributed by atoms with E-state index in [1.54, 1.807) is 0 Å². The second-order valence-electron chi connectivity index (χ2n) is 4.13. The molecule has 0 aromatic rings. The number of allylic oxidation sites excluding steroid dienone is 1. The van der Waals surface area contributed by atoms with Crippen molar-refractivity contribution in [2.45, 2.75) is 19.3 Å². The molecule has 92 valence electrons. The molecule has 16 heavy (non-hydrogen) atoms. The molecular formula is C10H15FO4S. The van der Waals surface area contributed by atoms with Crippen LogP contribution in [0.3, 0.4) is 0 Å². The fourth-order valence-electron chi connectivity index (χ4n) is 1.99. The van der Waals surface area contributed by atoms with Gasteiger partial charge in [-0.3, -0.25) is 4.79 Å². The molecule has 4 nitrogen and oxygen atoms in total. The van der Waals surface area contributed by atoms with Crippen molar-refractivity contribution in [2.75, 3.05) is 18.6 Å². The second-order valence-corrected chi connectivity index (χ2v) is 6.32. The molecule has 6 heteroatoms. The first-order valence-corrected chi connectivity index (χ1v) is 6.76. The minimum atomic E-state index is -3.30. The summed E-state index contributed by atoms with van der Waals surface area (Å²) in [6.07, 6.45) is 0.400. The van der Waals surface area contributed by atoms with Gasteiger partial charge < -0.3 is 4.74 Å². The highest BCUT2D eigenvalue weighted by Crippen LogP contribution is 2.41. The number of esters is 1. The van der Waals surface area contributed by atoms with Crippen LogP contribution in [-0.2, 0) is 19.4 Å². The van der Waals surface area contributed by atoms with Gasteiger partial charge in [0.1, 0.15) is 5.83 Å². The third kappa shape index (κ3) is 2.81. The molecule has 0 saturated carbocycles. The molecular weight excluding hydrogens is 235 g/mol. The molecule has 1 aliphatic heterocycles. The first kappa shape index (κ1) is 13.2. The van der Waals surface area contributed by atoms with Crippen molar-refractivity contribution in [3.8, 4) is 0 Å². The highest BCUT2D eigenvalue weighted by Gasteiger charge is 2.43. The Bertz CT molecular complexity index is 401. The lowest BCUT2D eigenvalue weighted by Crippen LogP contribution is -2.38. The number of carbonyl (C=O) groups excluding carboxylic acids is 1. The van der Waals surface area contributed by atoms with Crippen molar-refractivity contribution in [3.63, 3.8) is 0 Å². The minimum Gasteiger partial charge on any atom is -0.469 e. The minimum absolute atomic E-state index is 0.0448. The number of halogens is 1. The van der Waals surface area contributed by atoms with Gasteiger partial charge in [-0.05, 0) is 12.8 Å². The van der Waals surface area contributed by atoms with Crippen LogP contribution >= 0.6 is 0 Å². The zero-order valence-corrected chi connectivity index (χ0v) is 9.98. The maximum absolute atomic E-state index is 13.4. The van der Waals surface area contributed by atoms with Crippen molar-refractivity contribution < 1.29 is 22.3 Å². The van der Waals surface area contributed by atoms with Crippen molar-refractivity contribution in [1.29, 1.82) is 0 Å². The van der Waals surface area contributed by atoms with Gasteiger partial charge in [0.05, 0.1) is 25.0 Å². The molecule has 1 fully saturated rings. The Kier molecular flexibility index (Phi) is 3.72. The quantitative estimate of drug-likeness (QED) is 0.707. The number of methoxy groups -OCH3 is 1. The van der Waals surface area contributed by atoms with Crippen LogP contribution in [0.25, 0.3) is 0 Å². The maximum Gasteiger partial charge on any atom is 0.306 e. The van der Waals surface area contributed by atoms with Gasteiger partial charge >= 0.3 is 5.97 Å². The summed E-state index contributed by atoms with van der Waals surface area (Å²) in [6, 6.07) is 0. The zero-order chi connectivity index (χ0) is 12.4. The first-order valence-electron chi connectivity index (χ1n) is 4.93. The number of sulfone groups is 1. The summed E-state index contributed by atoms with van der Waals surface area (Å²) in [7, 11) is -2.11. The van der Waals surface area contributed by atoms with E-state index in [4.69, 9.17) is 0 Å². The van der Waals surface area contributed by atoms with E-state index in [9.17, 15) is 17.6 Å². The van der Waals surface area contributed by atoms with Crippen molar-refractivity contribution in [2.24, 2.45) is 5.41 Å². The molecule has 0 aromatic carbocycles. The first-order chi connectivity index (χ1) is 7.31. The summed E-state index contributed by atoms with van der Waals surface area (Å²) in [4.78, 5) is 11.2. The van der Waals surface area contributed by atoms with Crippen LogP contribution in [0.4, 0.5) is 4.39 Å². The predicted octanol–water partition coefficient (Wildman–Crippen LogP) is 1.23. The standard InChI is InChI=1S/C10H15FO4S/c1-8(11)10(6-9(12)15-2)4-3-5-16(13,14)7-10/h1,3-7H2,2H3. The molecule has 0 radical (unpaired) electrons. The van der Waals surface area contributed by atoms with Crippen LogP contribution in [0, 0.1) is 5.41 Å². The van der Waals surface area contributed by atoms with E-state index >= 15 is 0 Å². The number of ether oxygens (including phenoxy) is 1. The number of hydrogen-bond acceptors (Lipinski definition) is 4. The lowest BCUT2D eigenvalue weighted by molar-refractivity contribution is -0.142. The molecule has 0 spiro atoms. The van der Waals surface area contributed by atoms with Gasteiger partial charge in [0, 0.05) is 5.41 Å². The van der Waals surface area contributed by atoms with Crippen LogP contribution < -0.4 is 0 Å². The van der Waals surface area contributed by atoms with Gasteiger partial charge in [-0.1, -0.05) is 6.58 Å². The zero-order valence-electron chi connectivity index (χ0n) is 9.16. The van der Waals surface area contributed by atoms with Gasteiger partial charge in [0.25, 0.3) is 0 Å². The lowest BCUT2D eigenvalue weighted by Gasteiger charge is -2.34. The molecule has 1 unspecified atom stereocenters. The van der Waals surface area contributed by atoms with E-state index in [1.807, 2.05) is 0 Å². The van der Waals surface area contributed by atoms with Gasteiger partial charge in [-0.25, -0.2) is 12.8 Å². The summed E-state index contributed by atoms with van der Waals surface area (Å²) < 4.78 is 40.8. The summed E-state index contributed by atoms with van der Waals surface area (Å²) >= 11 is 0. The van der Waals surface area contributed by atoms with Gasteiger partial charge in [0.15, 0.2) is 9.84 Å². The largest absolute Gasteiger partial charge is 0.469 e. The highest BCUT2D eigenvalue weighted by molar-refractivity contribution is 7.91. The van der Waals surface area contributed by atoms with Crippen LogP contribution in [0.15, 0.2) is 12.4 Å². The highest BCUT2D eigenvalue weighted by atomic mass is 32.2. The van der Waals surface area contributed by atoms with Crippen molar-refractivity contribution >= 4 is 15.8 Å². The van der Waals surface area contributed by atoms with E-state index in [2.05, 4.69) is 11.3 Å². The molecule has 1 heterocycles. The van der Waals surface area contributed by atoms with Gasteiger partial charge in [-0.2, -0.15) is 0 Å². The molecule has 0 aliphatic carbocycles. The normalized spacial score (nSPS) is 28.4. The molecule has 0 bridgehead atoms. The topological polar surface area (TPSA) is 60.4 Å². The predicted molar refractivity (Wildman–Crippen MR) is 57.2 cm³/mol. The maximum atomic E-state index is 13.4. The van der Waals surface area contributed by atoms with Crippen LogP contribution in [0.2, 0.25) is 0 Å². The van der Waals surface area contributed by atoms with Crippen LogP contribution in [0.5, 0.6) is 0 Å². The van der Waals surface area contributed by atoms with Gasteiger partial charge in [0.2, 0.25) is 0 Å². The Morgan fingerprint density at radius 3 is 2.62 bits per heavy atom. The Balaban J connectivity index is 2.97. The molecule has 1 aliphatic rings. The number of rotatable bonds is 3. The summed E-state index contributed by atoms with van der Waals surface area (Å²) in [5, 5.41) is 0. The average Bonchev–Trinajstić information content (AvgIpc) is 2.15. The lowest BCUT2D eigenvalue weighted by atomic mass is 9.81. The number of carbonyl (C=O) groups is 1. The fourth-order valence-corrected chi connectivity index (χ4v) is 3.97. The summed E-state index contributed by atoms with van der Waals surface area (Å²) in [5.74, 6) is -1.68. The third-order valence-electron chi connectivity index (χ3n) is 2.89. The van der Waals surface area contributed by atoms with E-state index in [0.717, 1.165) is 0 Å². The Labute approximate surface area is 94.4 Å². The van der Waals surface area contributed by atoms with Crippen LogP contribution in [-0.4, -0.2) is 33.0 Å². The monoisotopic (exact) mass is 250 g/mol. The molecule has 0 amide bonds. The van der Waals surface area contributed by atoms with E-state index in [-0.39, 0.29) is 17.9 Å². The molecule has 0 aromatic heterocycles. The SMILES string of the molecule is C=C(F)C1(CC(=O)OC)CCCS(=O)(=O)C1. The molecule has 0 N–H and O–H groups in total. The van der Waals surface area contributed by atoms with E-state index in [1.165, 1.54) is 7.11 Å². The summed E-state index contributed by atoms with van der Waals surface area (Å²) in [5.41, 5.74) is -1.29. The van der Waals surface area contributed by atoms with E-state index in [0.29, 0.717) is 12.8 Å².